The van der Waals surface area contributed by atoms with E-state index in [1.54, 1.807) is 30.3 Å². The summed E-state index contributed by atoms with van der Waals surface area (Å²) in [5.74, 6) is -2.88. The molecule has 4 nitrogen and oxygen atoms in total. The van der Waals surface area contributed by atoms with Crippen molar-refractivity contribution in [3.8, 4) is 6.07 Å². The second kappa shape index (κ2) is 7.60. The predicted molar refractivity (Wildman–Crippen MR) is 111 cm³/mol. The van der Waals surface area contributed by atoms with E-state index in [1.807, 2.05) is 20.8 Å². The van der Waals surface area contributed by atoms with Crippen LogP contribution in [0.25, 0.3) is 0 Å². The zero-order valence-corrected chi connectivity index (χ0v) is 17.7. The lowest BCUT2D eigenvalue weighted by molar-refractivity contribution is -0.139. The van der Waals surface area contributed by atoms with Crippen LogP contribution in [0.2, 0.25) is 10.0 Å². The lowest BCUT2D eigenvalue weighted by Gasteiger charge is -2.40. The van der Waals surface area contributed by atoms with Gasteiger partial charge in [-0.25, -0.2) is 4.39 Å². The predicted octanol–water partition coefficient (Wildman–Crippen LogP) is 5.15. The van der Waals surface area contributed by atoms with Crippen LogP contribution in [0.3, 0.4) is 0 Å². The van der Waals surface area contributed by atoms with E-state index in [0.717, 1.165) is 0 Å². The van der Waals surface area contributed by atoms with E-state index < -0.39 is 40.6 Å². The molecule has 0 saturated carbocycles. The second-order valence-electron chi connectivity index (χ2n) is 8.39. The molecule has 0 bridgehead atoms. The molecule has 2 aromatic rings. The summed E-state index contributed by atoms with van der Waals surface area (Å²) < 4.78 is 15.1. The highest BCUT2D eigenvalue weighted by atomic mass is 35.5. The van der Waals surface area contributed by atoms with Gasteiger partial charge in [-0.2, -0.15) is 5.26 Å². The zero-order chi connectivity index (χ0) is 21.6. The fraction of sp³-hybridized carbons (Fsp3) is 0.364. The van der Waals surface area contributed by atoms with Gasteiger partial charge in [0.15, 0.2) is 0 Å². The maximum Gasteiger partial charge on any atom is 0.321 e. The Balaban J connectivity index is 2.38. The van der Waals surface area contributed by atoms with Gasteiger partial charge in [-0.1, -0.05) is 68.2 Å². The van der Waals surface area contributed by atoms with Crippen LogP contribution in [0.5, 0.6) is 0 Å². The minimum Gasteiger partial charge on any atom is -0.480 e. The van der Waals surface area contributed by atoms with E-state index in [4.69, 9.17) is 23.2 Å². The van der Waals surface area contributed by atoms with Crippen LogP contribution in [0, 0.1) is 22.6 Å². The Morgan fingerprint density at radius 2 is 1.83 bits per heavy atom. The first-order chi connectivity index (χ1) is 13.5. The molecule has 3 rings (SSSR count). The number of hydrogen-bond acceptors (Lipinski definition) is 3. The topological polar surface area (TPSA) is 73.1 Å². The Bertz CT molecular complexity index is 982. The molecule has 0 aliphatic carbocycles. The Kier molecular flexibility index (Phi) is 5.66. The van der Waals surface area contributed by atoms with Crippen molar-refractivity contribution >= 4 is 29.2 Å². The molecule has 1 fully saturated rings. The van der Waals surface area contributed by atoms with Gasteiger partial charge < -0.3 is 5.11 Å². The van der Waals surface area contributed by atoms with Gasteiger partial charge in [0.05, 0.1) is 11.1 Å². The number of nitriles is 1. The van der Waals surface area contributed by atoms with Crippen LogP contribution in [-0.2, 0) is 10.2 Å². The molecule has 1 saturated heterocycles. The van der Waals surface area contributed by atoms with Gasteiger partial charge >= 0.3 is 5.97 Å². The number of rotatable bonds is 3. The molecule has 7 heteroatoms. The highest BCUT2D eigenvalue weighted by Gasteiger charge is 2.62. The number of hydrogen-bond donors (Lipinski definition) is 2. The summed E-state index contributed by atoms with van der Waals surface area (Å²) in [4.78, 5) is 12.2. The van der Waals surface area contributed by atoms with E-state index >= 15 is 4.39 Å². The molecule has 0 spiro atoms. The zero-order valence-electron chi connectivity index (χ0n) is 16.2. The van der Waals surface area contributed by atoms with Crippen molar-refractivity contribution in [2.75, 3.05) is 0 Å². The molecular weight excluding hydrogens is 414 g/mol. The average molecular weight is 435 g/mol. The lowest BCUT2D eigenvalue weighted by Crippen LogP contribution is -2.50. The standard InChI is InChI=1S/C22H21Cl2FN2O2/c1-21(2,3)20-22(11-26,12-7-9-13(23)10-8-12)16(18(27-20)19(28)29)14-5-4-6-15(24)17(14)25/h4-10,16,18,20,27H,1-3H3,(H,28,29)/t16-,18+,20-,22+/m0/s1. The molecular formula is C22H21Cl2FN2O2. The van der Waals surface area contributed by atoms with Crippen molar-refractivity contribution in [1.29, 1.82) is 5.26 Å². The van der Waals surface area contributed by atoms with Crippen LogP contribution in [0.4, 0.5) is 4.39 Å². The molecule has 29 heavy (non-hydrogen) atoms. The normalized spacial score (nSPS) is 26.9. The molecule has 152 valence electrons. The monoisotopic (exact) mass is 434 g/mol. The van der Waals surface area contributed by atoms with Crippen LogP contribution >= 0.6 is 23.2 Å². The van der Waals surface area contributed by atoms with Gasteiger partial charge in [0, 0.05) is 17.0 Å². The maximum atomic E-state index is 15.1. The van der Waals surface area contributed by atoms with E-state index in [0.29, 0.717) is 10.6 Å². The molecule has 4 atom stereocenters. The van der Waals surface area contributed by atoms with Crippen LogP contribution < -0.4 is 5.32 Å². The van der Waals surface area contributed by atoms with Gasteiger partial charge in [-0.15, -0.1) is 0 Å². The quantitative estimate of drug-likeness (QED) is 0.700. The summed E-state index contributed by atoms with van der Waals surface area (Å²) >= 11 is 12.0. The smallest absolute Gasteiger partial charge is 0.321 e. The fourth-order valence-corrected chi connectivity index (χ4v) is 4.76. The summed E-state index contributed by atoms with van der Waals surface area (Å²) in [6, 6.07) is 11.8. The lowest BCUT2D eigenvalue weighted by atomic mass is 9.60. The number of carboxylic acid groups (broad SMARTS) is 1. The van der Waals surface area contributed by atoms with Gasteiger partial charge in [0.25, 0.3) is 0 Å². The summed E-state index contributed by atoms with van der Waals surface area (Å²) in [7, 11) is 0. The van der Waals surface area contributed by atoms with Crippen molar-refractivity contribution in [2.24, 2.45) is 5.41 Å². The van der Waals surface area contributed by atoms with Gasteiger partial charge in [0.1, 0.15) is 17.3 Å². The third-order valence-electron chi connectivity index (χ3n) is 5.58. The van der Waals surface area contributed by atoms with E-state index in [1.165, 1.54) is 12.1 Å². The highest BCUT2D eigenvalue weighted by Crippen LogP contribution is 2.53. The molecule has 0 unspecified atom stereocenters. The van der Waals surface area contributed by atoms with Crippen LogP contribution in [0.1, 0.15) is 37.8 Å². The maximum absolute atomic E-state index is 15.1. The summed E-state index contributed by atoms with van der Waals surface area (Å²) in [5, 5.41) is 23.9. The third-order valence-corrected chi connectivity index (χ3v) is 6.12. The fourth-order valence-electron chi connectivity index (χ4n) is 4.45. The SMILES string of the molecule is CC(C)(C)[C@@H]1N[C@@H](C(=O)O)[C@H](c2cccc(Cl)c2F)[C@@]1(C#N)c1ccc(Cl)cc1. The van der Waals surface area contributed by atoms with Crippen molar-refractivity contribution in [3.63, 3.8) is 0 Å². The van der Waals surface area contributed by atoms with Gasteiger partial charge in [-0.3, -0.25) is 10.1 Å². The molecule has 0 aromatic heterocycles. The average Bonchev–Trinajstić information content (AvgIpc) is 3.01. The Morgan fingerprint density at radius 1 is 1.21 bits per heavy atom. The first-order valence-corrected chi connectivity index (χ1v) is 9.89. The molecule has 0 amide bonds. The number of carbonyl (C=O) groups is 1. The van der Waals surface area contributed by atoms with Crippen molar-refractivity contribution < 1.29 is 14.3 Å². The Labute approximate surface area is 179 Å². The summed E-state index contributed by atoms with van der Waals surface area (Å²) in [5.41, 5.74) is -1.20. The minimum atomic E-state index is -1.36. The molecule has 1 heterocycles. The van der Waals surface area contributed by atoms with Gasteiger partial charge in [-0.05, 0) is 34.7 Å². The summed E-state index contributed by atoms with van der Waals surface area (Å²) in [6.45, 7) is 5.76. The van der Waals surface area contributed by atoms with E-state index in [-0.39, 0.29) is 10.6 Å². The number of nitrogens with zero attached hydrogens (tertiary/aromatic N) is 1. The number of halogens is 3. The Morgan fingerprint density at radius 3 is 2.34 bits per heavy atom. The molecule has 2 aromatic carbocycles. The Hall–Kier alpha value is -2.13. The molecule has 1 aliphatic rings. The molecule has 2 N–H and O–H groups in total. The first-order valence-electron chi connectivity index (χ1n) is 9.14. The molecule has 0 radical (unpaired) electrons. The number of aliphatic carboxylic acids is 1. The highest BCUT2D eigenvalue weighted by molar-refractivity contribution is 6.31. The van der Waals surface area contributed by atoms with Crippen LogP contribution in [-0.4, -0.2) is 23.2 Å². The first kappa shape index (κ1) is 21.6. The largest absolute Gasteiger partial charge is 0.480 e. The van der Waals surface area contributed by atoms with Crippen LogP contribution in [0.15, 0.2) is 42.5 Å². The van der Waals surface area contributed by atoms with Crippen molar-refractivity contribution in [3.05, 3.63) is 69.5 Å². The number of benzene rings is 2. The van der Waals surface area contributed by atoms with E-state index in [9.17, 15) is 15.2 Å². The molecule has 1 aliphatic heterocycles. The summed E-state index contributed by atoms with van der Waals surface area (Å²) in [6.07, 6.45) is 0. The minimum absolute atomic E-state index is 0.0978. The second-order valence-corrected chi connectivity index (χ2v) is 9.23. The number of carboxylic acids is 1. The number of nitrogens with one attached hydrogen (secondary N) is 1. The van der Waals surface area contributed by atoms with Gasteiger partial charge in [0.2, 0.25) is 0 Å². The third kappa shape index (κ3) is 3.50. The van der Waals surface area contributed by atoms with E-state index in [2.05, 4.69) is 11.4 Å². The van der Waals surface area contributed by atoms with Crippen molar-refractivity contribution in [2.45, 2.75) is 44.2 Å². The van der Waals surface area contributed by atoms with Crippen molar-refractivity contribution in [1.82, 2.24) is 5.32 Å².